The van der Waals surface area contributed by atoms with Crippen LogP contribution >= 0.6 is 7.82 Å². The lowest BCUT2D eigenvalue weighted by Crippen LogP contribution is -2.57. The zero-order valence-corrected chi connectivity index (χ0v) is 25.2. The second kappa shape index (κ2) is 13.4. The van der Waals surface area contributed by atoms with Crippen LogP contribution < -0.4 is 14.7 Å². The Labute approximate surface area is 251 Å². The molecule has 0 aromatic heterocycles. The Hall–Kier alpha value is -4.24. The van der Waals surface area contributed by atoms with Crippen molar-refractivity contribution in [2.75, 3.05) is 11.4 Å². The monoisotopic (exact) mass is 605 g/mol. The quantitative estimate of drug-likeness (QED) is 0.229. The van der Waals surface area contributed by atoms with Crippen molar-refractivity contribution >= 4 is 43.0 Å². The number of phosphoric ester groups is 1. The van der Waals surface area contributed by atoms with Crippen molar-refractivity contribution in [1.29, 1.82) is 0 Å². The second-order valence-corrected chi connectivity index (χ2v) is 12.5. The van der Waals surface area contributed by atoms with Gasteiger partial charge in [-0.3, -0.25) is 29.1 Å². The molecule has 1 fully saturated rings. The summed E-state index contributed by atoms with van der Waals surface area (Å²) < 4.78 is 15.5. The van der Waals surface area contributed by atoms with Gasteiger partial charge in [0, 0.05) is 24.0 Å². The van der Waals surface area contributed by atoms with Crippen LogP contribution in [0.3, 0.4) is 0 Å². The molecule has 2 atom stereocenters. The molecule has 226 valence electrons. The molecular formula is C32H36N3O7P. The Morgan fingerprint density at radius 3 is 2.02 bits per heavy atom. The average Bonchev–Trinajstić information content (AvgIpc) is 3.45. The topological polar surface area (TPSA) is 136 Å². The maximum atomic E-state index is 14.1. The molecule has 0 spiro atoms. The Balaban J connectivity index is 1.51. The molecule has 3 amide bonds. The molecule has 0 unspecified atom stereocenters. The number of likely N-dealkylation sites (tertiary alicyclic amines) is 1. The normalized spacial score (nSPS) is 16.1. The first-order chi connectivity index (χ1) is 20.3. The molecule has 3 aromatic rings. The number of anilines is 2. The molecule has 3 N–H and O–H groups in total. The lowest BCUT2D eigenvalue weighted by atomic mass is 9.85. The van der Waals surface area contributed by atoms with Gasteiger partial charge in [-0.25, -0.2) is 4.57 Å². The average molecular weight is 606 g/mol. The number of rotatable bonds is 9. The molecule has 1 aliphatic heterocycles. The molecule has 1 saturated heterocycles. The van der Waals surface area contributed by atoms with E-state index in [9.17, 15) is 18.9 Å². The van der Waals surface area contributed by atoms with Crippen LogP contribution in [0, 0.1) is 5.41 Å². The van der Waals surface area contributed by atoms with Crippen molar-refractivity contribution in [3.8, 4) is 5.75 Å². The first kappa shape index (κ1) is 31.7. The maximum absolute atomic E-state index is 14.1. The molecule has 1 heterocycles. The van der Waals surface area contributed by atoms with Gasteiger partial charge in [0.25, 0.3) is 5.91 Å². The van der Waals surface area contributed by atoms with Gasteiger partial charge in [-0.2, -0.15) is 0 Å². The summed E-state index contributed by atoms with van der Waals surface area (Å²) >= 11 is 0. The van der Waals surface area contributed by atoms with E-state index < -0.39 is 31.2 Å². The van der Waals surface area contributed by atoms with Gasteiger partial charge in [-0.05, 0) is 66.3 Å². The number of carbonyl (C=O) groups excluding carboxylic acids is 3. The summed E-state index contributed by atoms with van der Waals surface area (Å²) in [5.41, 5.74) is 1.32. The largest absolute Gasteiger partial charge is 0.524 e. The third kappa shape index (κ3) is 8.41. The molecule has 0 bridgehead atoms. The Bertz CT molecular complexity index is 1460. The van der Waals surface area contributed by atoms with Crippen LogP contribution in [0.15, 0.2) is 91.0 Å². The number of amides is 3. The van der Waals surface area contributed by atoms with Gasteiger partial charge in [-0.15, -0.1) is 0 Å². The first-order valence-corrected chi connectivity index (χ1v) is 15.4. The van der Waals surface area contributed by atoms with Gasteiger partial charge >= 0.3 is 7.82 Å². The fourth-order valence-electron chi connectivity index (χ4n) is 4.95. The zero-order valence-electron chi connectivity index (χ0n) is 24.3. The van der Waals surface area contributed by atoms with Crippen molar-refractivity contribution < 1.29 is 33.3 Å². The first-order valence-electron chi connectivity index (χ1n) is 13.9. The lowest BCUT2D eigenvalue weighted by Gasteiger charge is -2.36. The number of benzene rings is 3. The highest BCUT2D eigenvalue weighted by Crippen LogP contribution is 2.37. The minimum atomic E-state index is -4.67. The van der Waals surface area contributed by atoms with Crippen LogP contribution in [0.5, 0.6) is 5.75 Å². The van der Waals surface area contributed by atoms with E-state index in [1.165, 1.54) is 36.4 Å². The van der Waals surface area contributed by atoms with Crippen LogP contribution in [0.4, 0.5) is 11.4 Å². The summed E-state index contributed by atoms with van der Waals surface area (Å²) in [7, 11) is -4.67. The summed E-state index contributed by atoms with van der Waals surface area (Å²) in [5, 5.41) is 2.83. The molecule has 0 aliphatic carbocycles. The van der Waals surface area contributed by atoms with E-state index in [-0.39, 0.29) is 17.6 Å². The number of carbonyl (C=O) groups is 3. The van der Waals surface area contributed by atoms with Crippen LogP contribution in [0.1, 0.15) is 39.2 Å². The number of hydrogen-bond donors (Lipinski definition) is 3. The molecule has 10 nitrogen and oxygen atoms in total. The molecule has 0 radical (unpaired) electrons. The smallest absolute Gasteiger partial charge is 0.404 e. The third-order valence-electron chi connectivity index (χ3n) is 7.00. The molecule has 11 heteroatoms. The predicted molar refractivity (Wildman–Crippen MR) is 164 cm³/mol. The molecular weight excluding hydrogens is 569 g/mol. The maximum Gasteiger partial charge on any atom is 0.524 e. The van der Waals surface area contributed by atoms with Crippen molar-refractivity contribution in [2.45, 2.75) is 45.7 Å². The minimum absolute atomic E-state index is 0.0128. The van der Waals surface area contributed by atoms with Crippen molar-refractivity contribution in [3.63, 3.8) is 0 Å². The van der Waals surface area contributed by atoms with E-state index in [4.69, 9.17) is 9.79 Å². The standard InChI is InChI=1S/C32H36N3O7P/c1-32(2,3)29(33-28(36)21-18-23-16-19-26(20-17-23)42-43(39,40)41)31(38)34-22-10-15-27(34)30(37)35(24-11-6-4-7-12-24)25-13-8-5-9-14-25/h4-9,11-14,16-21,27,29H,10,15,22H2,1-3H3,(H,33,36)(H2,39,40,41)/b21-18+/t27-,29+/m0/s1. The highest BCUT2D eigenvalue weighted by atomic mass is 31.2. The third-order valence-corrected chi connectivity index (χ3v) is 7.45. The fraction of sp³-hybridized carbons (Fsp3) is 0.281. The fourth-order valence-corrected chi connectivity index (χ4v) is 5.34. The highest BCUT2D eigenvalue weighted by molar-refractivity contribution is 7.46. The number of nitrogens with one attached hydrogen (secondary N) is 1. The van der Waals surface area contributed by atoms with E-state index in [2.05, 4.69) is 9.84 Å². The Kier molecular flexibility index (Phi) is 9.86. The molecule has 4 rings (SSSR count). The van der Waals surface area contributed by atoms with Gasteiger partial charge in [0.15, 0.2) is 0 Å². The molecule has 43 heavy (non-hydrogen) atoms. The number of nitrogens with zero attached hydrogens (tertiary/aromatic N) is 2. The molecule has 3 aromatic carbocycles. The highest BCUT2D eigenvalue weighted by Gasteiger charge is 2.43. The summed E-state index contributed by atoms with van der Waals surface area (Å²) in [4.78, 5) is 62.2. The van der Waals surface area contributed by atoms with Crippen LogP contribution in [-0.2, 0) is 18.9 Å². The Morgan fingerprint density at radius 1 is 0.953 bits per heavy atom. The minimum Gasteiger partial charge on any atom is -0.404 e. The summed E-state index contributed by atoms with van der Waals surface area (Å²) in [6.45, 7) is 5.96. The number of para-hydroxylation sites is 2. The second-order valence-electron chi connectivity index (χ2n) is 11.3. The van der Waals surface area contributed by atoms with Gasteiger partial charge in [-0.1, -0.05) is 69.3 Å². The van der Waals surface area contributed by atoms with Gasteiger partial charge < -0.3 is 14.7 Å². The van der Waals surface area contributed by atoms with E-state index in [1.807, 2.05) is 81.4 Å². The summed E-state index contributed by atoms with van der Waals surface area (Å²) in [6.07, 6.45) is 3.96. The molecule has 1 aliphatic rings. The van der Waals surface area contributed by atoms with Crippen molar-refractivity contribution in [1.82, 2.24) is 10.2 Å². The molecule has 0 saturated carbocycles. The van der Waals surface area contributed by atoms with E-state index in [0.29, 0.717) is 36.3 Å². The van der Waals surface area contributed by atoms with Gasteiger partial charge in [0.2, 0.25) is 11.8 Å². The number of hydrogen-bond acceptors (Lipinski definition) is 5. The zero-order chi connectivity index (χ0) is 31.2. The van der Waals surface area contributed by atoms with Gasteiger partial charge in [0.05, 0.1) is 0 Å². The van der Waals surface area contributed by atoms with Crippen LogP contribution in [-0.4, -0.2) is 51.0 Å². The van der Waals surface area contributed by atoms with Gasteiger partial charge in [0.1, 0.15) is 17.8 Å². The summed E-state index contributed by atoms with van der Waals surface area (Å²) in [5.74, 6) is -1.05. The van der Waals surface area contributed by atoms with Crippen molar-refractivity contribution in [3.05, 3.63) is 96.6 Å². The van der Waals surface area contributed by atoms with E-state index in [1.54, 1.807) is 9.80 Å². The lowest BCUT2D eigenvalue weighted by molar-refractivity contribution is -0.142. The van der Waals surface area contributed by atoms with Crippen molar-refractivity contribution in [2.24, 2.45) is 5.41 Å². The van der Waals surface area contributed by atoms with Crippen LogP contribution in [0.25, 0.3) is 6.08 Å². The predicted octanol–water partition coefficient (Wildman–Crippen LogP) is 5.06. The number of phosphoric acid groups is 1. The SMILES string of the molecule is CC(C)(C)[C@H](NC(=O)/C=C/c1ccc(OP(=O)(O)O)cc1)C(=O)N1CCC[C@H]1C(=O)N(c1ccccc1)c1ccccc1. The van der Waals surface area contributed by atoms with E-state index >= 15 is 0 Å². The van der Waals surface area contributed by atoms with E-state index in [0.717, 1.165) is 0 Å². The van der Waals surface area contributed by atoms with Crippen LogP contribution in [0.2, 0.25) is 0 Å². The summed E-state index contributed by atoms with van der Waals surface area (Å²) in [6, 6.07) is 22.8. The Morgan fingerprint density at radius 2 is 1.51 bits per heavy atom.